The monoisotopic (exact) mass is 623 g/mol. The number of phenolic OH excluding ortho intramolecular Hbond substituents is 1. The fourth-order valence-electron chi connectivity index (χ4n) is 6.04. The molecule has 256 valence electrons. The Morgan fingerprint density at radius 2 is 0.844 bits per heavy atom. The first-order chi connectivity index (χ1) is 22.1. The van der Waals surface area contributed by atoms with Crippen LogP contribution in [-0.2, 0) is 0 Å². The molecule has 0 unspecified atom stereocenters. The largest absolute Gasteiger partial charge is 0.507 e. The van der Waals surface area contributed by atoms with E-state index in [1.165, 1.54) is 122 Å². The third-order valence-electron chi connectivity index (χ3n) is 8.95. The molecule has 0 saturated heterocycles. The molecule has 1 aromatic rings. The molecule has 0 aliphatic rings. The van der Waals surface area contributed by atoms with Crippen molar-refractivity contribution in [2.75, 3.05) is 0 Å². The Balaban J connectivity index is 2.16. The Kier molecular flexibility index (Phi) is 27.7. The standard InChI is InChI=1S/C42H70O3/c1-3-5-7-9-11-13-15-17-19-21-23-25-27-29-31-35-39(43)38-34-33-37-41(45)42(38)40(44)36-32-30-28-26-24-22-20-18-16-14-12-10-8-6-4-2/h17-20,33-34,37,45H,3-16,21-32,35-36H2,1-2H3/b19-17-,20-18-. The van der Waals surface area contributed by atoms with Gasteiger partial charge >= 0.3 is 0 Å². The summed E-state index contributed by atoms with van der Waals surface area (Å²) in [6.07, 6.45) is 41.9. The number of allylic oxidation sites excluding steroid dienone is 4. The number of ketones is 2. The molecule has 0 bridgehead atoms. The number of phenols is 1. The fourth-order valence-corrected chi connectivity index (χ4v) is 6.04. The Labute approximate surface area is 278 Å². The number of Topliss-reactive ketones (excluding diaryl/α,β-unsaturated/α-hetero) is 2. The zero-order valence-corrected chi connectivity index (χ0v) is 29.6. The van der Waals surface area contributed by atoms with Crippen LogP contribution in [0.3, 0.4) is 0 Å². The molecule has 0 aliphatic carbocycles. The zero-order valence-electron chi connectivity index (χ0n) is 29.6. The minimum atomic E-state index is -0.0985. The van der Waals surface area contributed by atoms with Gasteiger partial charge in [0.05, 0.1) is 5.56 Å². The van der Waals surface area contributed by atoms with E-state index in [2.05, 4.69) is 38.2 Å². The SMILES string of the molecule is CCCCCCCC/C=C\CCCCCCCC(=O)c1cccc(O)c1C(=O)CCCCCCC/C=C\CCCCCCCC. The van der Waals surface area contributed by atoms with Crippen molar-refractivity contribution in [3.8, 4) is 5.75 Å². The average molecular weight is 623 g/mol. The summed E-state index contributed by atoms with van der Waals surface area (Å²) in [5, 5.41) is 10.5. The van der Waals surface area contributed by atoms with Crippen LogP contribution in [0, 0.1) is 0 Å². The number of carbonyl (C=O) groups is 2. The number of aromatic hydroxyl groups is 1. The molecule has 0 atom stereocenters. The maximum absolute atomic E-state index is 13.0. The van der Waals surface area contributed by atoms with Crippen molar-refractivity contribution in [1.82, 2.24) is 0 Å². The first-order valence-corrected chi connectivity index (χ1v) is 19.3. The summed E-state index contributed by atoms with van der Waals surface area (Å²) < 4.78 is 0. The van der Waals surface area contributed by atoms with Crippen molar-refractivity contribution in [3.05, 3.63) is 53.6 Å². The molecule has 1 rings (SSSR count). The molecule has 0 spiro atoms. The van der Waals surface area contributed by atoms with Crippen LogP contribution in [0.15, 0.2) is 42.5 Å². The van der Waals surface area contributed by atoms with Gasteiger partial charge in [0.2, 0.25) is 0 Å². The van der Waals surface area contributed by atoms with E-state index >= 15 is 0 Å². The molecule has 0 saturated carbocycles. The highest BCUT2D eigenvalue weighted by Gasteiger charge is 2.20. The number of hydrogen-bond donors (Lipinski definition) is 1. The van der Waals surface area contributed by atoms with Gasteiger partial charge in [-0.3, -0.25) is 9.59 Å². The normalized spacial score (nSPS) is 11.7. The quantitative estimate of drug-likeness (QED) is 0.0494. The molecule has 0 fully saturated rings. The van der Waals surface area contributed by atoms with Crippen molar-refractivity contribution in [3.63, 3.8) is 0 Å². The number of carbonyl (C=O) groups excluding carboxylic acids is 2. The van der Waals surface area contributed by atoms with E-state index in [-0.39, 0.29) is 22.9 Å². The smallest absolute Gasteiger partial charge is 0.167 e. The molecule has 0 aromatic heterocycles. The van der Waals surface area contributed by atoms with Crippen LogP contribution in [0.2, 0.25) is 0 Å². The van der Waals surface area contributed by atoms with Gasteiger partial charge in [0.15, 0.2) is 11.6 Å². The Bertz CT molecular complexity index is 913. The second-order valence-corrected chi connectivity index (χ2v) is 13.2. The molecule has 3 heteroatoms. The lowest BCUT2D eigenvalue weighted by Crippen LogP contribution is -2.09. The maximum Gasteiger partial charge on any atom is 0.167 e. The summed E-state index contributed by atoms with van der Waals surface area (Å²) in [5.74, 6) is -0.168. The molecule has 0 aliphatic heterocycles. The lowest BCUT2D eigenvalue weighted by molar-refractivity contribution is 0.0943. The highest BCUT2D eigenvalue weighted by Crippen LogP contribution is 2.26. The molecular formula is C42H70O3. The van der Waals surface area contributed by atoms with Crippen LogP contribution in [0.25, 0.3) is 0 Å². The topological polar surface area (TPSA) is 54.4 Å². The van der Waals surface area contributed by atoms with Gasteiger partial charge in [-0.05, 0) is 70.3 Å². The molecule has 0 heterocycles. The van der Waals surface area contributed by atoms with Crippen molar-refractivity contribution >= 4 is 11.6 Å². The van der Waals surface area contributed by atoms with Gasteiger partial charge in [-0.2, -0.15) is 0 Å². The minimum Gasteiger partial charge on any atom is -0.507 e. The van der Waals surface area contributed by atoms with Crippen LogP contribution < -0.4 is 0 Å². The summed E-state index contributed by atoms with van der Waals surface area (Å²) in [6.45, 7) is 4.53. The van der Waals surface area contributed by atoms with Crippen molar-refractivity contribution in [2.24, 2.45) is 0 Å². The molecular weight excluding hydrogens is 552 g/mol. The molecule has 0 radical (unpaired) electrons. The summed E-state index contributed by atoms with van der Waals surface area (Å²) in [6, 6.07) is 4.93. The van der Waals surface area contributed by atoms with Gasteiger partial charge in [-0.25, -0.2) is 0 Å². The highest BCUT2D eigenvalue weighted by atomic mass is 16.3. The summed E-state index contributed by atoms with van der Waals surface area (Å²) in [7, 11) is 0. The predicted octanol–water partition coefficient (Wildman–Crippen LogP) is 13.8. The van der Waals surface area contributed by atoms with Gasteiger partial charge in [0.1, 0.15) is 5.75 Å². The van der Waals surface area contributed by atoms with Gasteiger partial charge in [0, 0.05) is 18.4 Å². The first kappa shape index (κ1) is 40.9. The van der Waals surface area contributed by atoms with Crippen molar-refractivity contribution < 1.29 is 14.7 Å². The highest BCUT2D eigenvalue weighted by molar-refractivity contribution is 6.10. The molecule has 1 aromatic carbocycles. The number of hydrogen-bond acceptors (Lipinski definition) is 3. The van der Waals surface area contributed by atoms with E-state index in [1.807, 2.05) is 0 Å². The van der Waals surface area contributed by atoms with E-state index in [9.17, 15) is 14.7 Å². The van der Waals surface area contributed by atoms with Crippen LogP contribution in [-0.4, -0.2) is 16.7 Å². The Morgan fingerprint density at radius 1 is 0.489 bits per heavy atom. The van der Waals surface area contributed by atoms with E-state index < -0.39 is 0 Å². The molecule has 1 N–H and O–H groups in total. The van der Waals surface area contributed by atoms with E-state index in [0.29, 0.717) is 18.4 Å². The third kappa shape index (κ3) is 22.9. The Hall–Kier alpha value is -2.16. The summed E-state index contributed by atoms with van der Waals surface area (Å²) in [4.78, 5) is 26.0. The summed E-state index contributed by atoms with van der Waals surface area (Å²) in [5.41, 5.74) is 0.647. The van der Waals surface area contributed by atoms with Gasteiger partial charge in [0.25, 0.3) is 0 Å². The molecule has 45 heavy (non-hydrogen) atoms. The van der Waals surface area contributed by atoms with E-state index in [4.69, 9.17) is 0 Å². The Morgan fingerprint density at radius 3 is 1.27 bits per heavy atom. The second-order valence-electron chi connectivity index (χ2n) is 13.2. The van der Waals surface area contributed by atoms with Crippen LogP contribution in [0.1, 0.15) is 214 Å². The van der Waals surface area contributed by atoms with Crippen molar-refractivity contribution in [1.29, 1.82) is 0 Å². The van der Waals surface area contributed by atoms with Gasteiger partial charge in [-0.15, -0.1) is 0 Å². The van der Waals surface area contributed by atoms with Crippen LogP contribution in [0.4, 0.5) is 0 Å². The molecule has 0 amide bonds. The van der Waals surface area contributed by atoms with Gasteiger partial charge in [-0.1, -0.05) is 153 Å². The fraction of sp³-hybridized carbons (Fsp3) is 0.714. The van der Waals surface area contributed by atoms with Crippen LogP contribution in [0.5, 0.6) is 5.75 Å². The van der Waals surface area contributed by atoms with E-state index in [1.54, 1.807) is 12.1 Å². The lowest BCUT2D eigenvalue weighted by Gasteiger charge is -2.10. The predicted molar refractivity (Wildman–Crippen MR) is 196 cm³/mol. The summed E-state index contributed by atoms with van der Waals surface area (Å²) >= 11 is 0. The zero-order chi connectivity index (χ0) is 32.6. The average Bonchev–Trinajstić information content (AvgIpc) is 3.04. The minimum absolute atomic E-state index is 0.0172. The van der Waals surface area contributed by atoms with Crippen LogP contribution >= 0.6 is 0 Å². The second kappa shape index (κ2) is 30.5. The number of benzene rings is 1. The lowest BCUT2D eigenvalue weighted by atomic mass is 9.93. The van der Waals surface area contributed by atoms with E-state index in [0.717, 1.165) is 51.4 Å². The number of unbranched alkanes of at least 4 members (excludes halogenated alkanes) is 22. The van der Waals surface area contributed by atoms with Gasteiger partial charge < -0.3 is 5.11 Å². The number of rotatable bonds is 32. The third-order valence-corrected chi connectivity index (χ3v) is 8.95. The first-order valence-electron chi connectivity index (χ1n) is 19.3. The maximum atomic E-state index is 13.0. The van der Waals surface area contributed by atoms with Crippen molar-refractivity contribution in [2.45, 2.75) is 194 Å². The molecule has 3 nitrogen and oxygen atoms in total.